The van der Waals surface area contributed by atoms with Gasteiger partial charge in [-0.1, -0.05) is 6.58 Å². The van der Waals surface area contributed by atoms with Crippen LogP contribution in [0.15, 0.2) is 12.7 Å². The van der Waals surface area contributed by atoms with E-state index in [2.05, 4.69) is 11.3 Å². The van der Waals surface area contributed by atoms with Gasteiger partial charge in [0.1, 0.15) is 12.2 Å². The average Bonchev–Trinajstić information content (AvgIpc) is 3.08. The van der Waals surface area contributed by atoms with E-state index in [0.29, 0.717) is 0 Å². The zero-order chi connectivity index (χ0) is 17.8. The molecule has 1 heterocycles. The highest BCUT2D eigenvalue weighted by Crippen LogP contribution is 2.68. The Balaban J connectivity index is 1.83. The third-order valence-electron chi connectivity index (χ3n) is 5.31. The number of carbonyl (C=O) groups is 2. The maximum Gasteiger partial charge on any atom is 0.344 e. The van der Waals surface area contributed by atoms with E-state index < -0.39 is 70.2 Å². The van der Waals surface area contributed by atoms with E-state index in [-0.39, 0.29) is 12.8 Å². The van der Waals surface area contributed by atoms with Crippen molar-refractivity contribution in [2.24, 2.45) is 10.8 Å². The fourth-order valence-corrected chi connectivity index (χ4v) is 6.41. The van der Waals surface area contributed by atoms with Crippen molar-refractivity contribution in [2.75, 3.05) is 19.8 Å². The second-order valence-electron chi connectivity index (χ2n) is 6.51. The normalized spacial score (nSPS) is 41.2. The van der Waals surface area contributed by atoms with Crippen molar-refractivity contribution in [3.8, 4) is 0 Å². The van der Waals surface area contributed by atoms with Crippen LogP contribution in [0.2, 0.25) is 0 Å². The van der Waals surface area contributed by atoms with Gasteiger partial charge in [0.05, 0.1) is 18.5 Å². The molecule has 0 aromatic rings. The number of rotatable bonds is 6. The number of ether oxygens (including phenoxy) is 2. The lowest BCUT2D eigenvalue weighted by molar-refractivity contribution is -0.173. The monoisotopic (exact) mass is 362 g/mol. The molecule has 5 unspecified atom stereocenters. The van der Waals surface area contributed by atoms with E-state index in [4.69, 9.17) is 8.92 Å². The van der Waals surface area contributed by atoms with Gasteiger partial charge in [0.25, 0.3) is 10.1 Å². The summed E-state index contributed by atoms with van der Waals surface area (Å²) in [5, 5.41) is 18.7. The van der Waals surface area contributed by atoms with Crippen molar-refractivity contribution >= 4 is 22.1 Å². The summed E-state index contributed by atoms with van der Waals surface area (Å²) in [6.07, 6.45) is -1.01. The molecule has 3 rings (SSSR count). The molecule has 1 aliphatic heterocycles. The van der Waals surface area contributed by atoms with E-state index in [0.717, 1.165) is 6.08 Å². The lowest BCUT2D eigenvalue weighted by atomic mass is 9.78. The number of carbonyl (C=O) groups excluding carboxylic acids is 2. The molecule has 5 atom stereocenters. The third-order valence-corrected chi connectivity index (χ3v) is 7.12. The van der Waals surface area contributed by atoms with Gasteiger partial charge in [-0.3, -0.25) is 4.18 Å². The Morgan fingerprint density at radius 3 is 2.62 bits per heavy atom. The minimum Gasteiger partial charge on any atom is -0.456 e. The van der Waals surface area contributed by atoms with E-state index in [9.17, 15) is 28.2 Å². The largest absolute Gasteiger partial charge is 0.456 e. The van der Waals surface area contributed by atoms with Gasteiger partial charge in [0, 0.05) is 16.9 Å². The summed E-state index contributed by atoms with van der Waals surface area (Å²) in [4.78, 5) is 22.9. The van der Waals surface area contributed by atoms with Crippen LogP contribution in [0.5, 0.6) is 0 Å². The molecule has 3 aliphatic rings. The number of aliphatic hydroxyl groups is 2. The van der Waals surface area contributed by atoms with E-state index >= 15 is 0 Å². The summed E-state index contributed by atoms with van der Waals surface area (Å²) in [5.74, 6) is -1.70. The second-order valence-corrected chi connectivity index (χ2v) is 8.26. The SMILES string of the molecule is C=CC(=O)OCC(=O)OC1C2OS(=O)(=O)C3CC1(CO)CC23CO. The number of aliphatic hydroxyl groups excluding tert-OH is 2. The standard InChI is InChI=1S/C14H18O9S/c1-2-9(17)21-4-10(18)22-11-12-14(7-16)5-13(11,6-15)3-8(14)24(19,20)23-12/h2,8,11-12,15-16H,1,3-7H2. The summed E-state index contributed by atoms with van der Waals surface area (Å²) in [5.41, 5.74) is -2.09. The van der Waals surface area contributed by atoms with Crippen LogP contribution in [0.3, 0.4) is 0 Å². The fourth-order valence-electron chi connectivity index (χ4n) is 4.29. The van der Waals surface area contributed by atoms with Crippen molar-refractivity contribution in [2.45, 2.75) is 30.3 Å². The molecule has 1 saturated heterocycles. The summed E-state index contributed by atoms with van der Waals surface area (Å²) in [6, 6.07) is 0. The first-order valence-electron chi connectivity index (χ1n) is 7.37. The van der Waals surface area contributed by atoms with Crippen molar-refractivity contribution in [1.82, 2.24) is 0 Å². The second kappa shape index (κ2) is 5.51. The molecule has 2 saturated carbocycles. The highest BCUT2D eigenvalue weighted by molar-refractivity contribution is 7.87. The molecule has 2 N–H and O–H groups in total. The first-order valence-corrected chi connectivity index (χ1v) is 8.84. The Bertz CT molecular complexity index is 686. The van der Waals surface area contributed by atoms with Crippen LogP contribution in [0.25, 0.3) is 0 Å². The van der Waals surface area contributed by atoms with Crippen molar-refractivity contribution < 1.29 is 41.9 Å². The molecular formula is C14H18O9S. The van der Waals surface area contributed by atoms with E-state index in [1.165, 1.54) is 0 Å². The number of hydrogen-bond donors (Lipinski definition) is 2. The van der Waals surface area contributed by atoms with Gasteiger partial charge in [0.2, 0.25) is 0 Å². The lowest BCUT2D eigenvalue weighted by Crippen LogP contribution is -2.50. The van der Waals surface area contributed by atoms with Gasteiger partial charge in [-0.15, -0.1) is 0 Å². The Morgan fingerprint density at radius 1 is 1.33 bits per heavy atom. The molecule has 2 bridgehead atoms. The maximum absolute atomic E-state index is 12.2. The highest BCUT2D eigenvalue weighted by Gasteiger charge is 2.79. The molecular weight excluding hydrogens is 344 g/mol. The minimum absolute atomic E-state index is 0.0350. The van der Waals surface area contributed by atoms with E-state index in [1.54, 1.807) is 0 Å². The fraction of sp³-hybridized carbons (Fsp3) is 0.714. The molecule has 134 valence electrons. The first-order chi connectivity index (χ1) is 11.2. The predicted octanol–water partition coefficient (Wildman–Crippen LogP) is -1.51. The molecule has 10 heteroatoms. The minimum atomic E-state index is -3.91. The molecule has 0 aromatic carbocycles. The topological polar surface area (TPSA) is 136 Å². The predicted molar refractivity (Wildman–Crippen MR) is 76.9 cm³/mol. The van der Waals surface area contributed by atoms with Crippen LogP contribution < -0.4 is 0 Å². The molecule has 0 spiro atoms. The molecule has 3 fully saturated rings. The Labute approximate surface area is 138 Å². The quantitative estimate of drug-likeness (QED) is 0.328. The zero-order valence-electron chi connectivity index (χ0n) is 12.7. The van der Waals surface area contributed by atoms with Gasteiger partial charge < -0.3 is 19.7 Å². The van der Waals surface area contributed by atoms with Gasteiger partial charge in [-0.25, -0.2) is 9.59 Å². The summed E-state index contributed by atoms with van der Waals surface area (Å²) >= 11 is 0. The molecule has 2 aliphatic carbocycles. The third kappa shape index (κ3) is 2.20. The number of hydrogen-bond acceptors (Lipinski definition) is 9. The zero-order valence-corrected chi connectivity index (χ0v) is 13.5. The number of esters is 2. The average molecular weight is 362 g/mol. The smallest absolute Gasteiger partial charge is 0.344 e. The summed E-state index contributed by atoms with van der Waals surface area (Å²) < 4.78 is 39.3. The van der Waals surface area contributed by atoms with Crippen LogP contribution in [-0.4, -0.2) is 67.8 Å². The van der Waals surface area contributed by atoms with Crippen molar-refractivity contribution in [3.05, 3.63) is 12.7 Å². The molecule has 0 radical (unpaired) electrons. The first kappa shape index (κ1) is 17.3. The maximum atomic E-state index is 12.2. The summed E-state index contributed by atoms with van der Waals surface area (Å²) in [7, 11) is -3.91. The Morgan fingerprint density at radius 2 is 2.04 bits per heavy atom. The van der Waals surface area contributed by atoms with E-state index in [1.807, 2.05) is 0 Å². The molecule has 0 amide bonds. The van der Waals surface area contributed by atoms with Crippen LogP contribution in [-0.2, 0) is 33.4 Å². The molecule has 0 aromatic heterocycles. The van der Waals surface area contributed by atoms with Crippen LogP contribution in [0, 0.1) is 10.8 Å². The van der Waals surface area contributed by atoms with Gasteiger partial charge >= 0.3 is 11.9 Å². The van der Waals surface area contributed by atoms with Crippen molar-refractivity contribution in [3.63, 3.8) is 0 Å². The number of fused-ring (bicyclic) bond motifs is 1. The Hall–Kier alpha value is -1.49. The van der Waals surface area contributed by atoms with Crippen LogP contribution in [0.4, 0.5) is 0 Å². The van der Waals surface area contributed by atoms with Crippen molar-refractivity contribution in [1.29, 1.82) is 0 Å². The Kier molecular flexibility index (Phi) is 3.98. The lowest BCUT2D eigenvalue weighted by Gasteiger charge is -2.36. The van der Waals surface area contributed by atoms with Crippen LogP contribution in [0.1, 0.15) is 12.8 Å². The summed E-state index contributed by atoms with van der Waals surface area (Å²) in [6.45, 7) is 1.65. The highest BCUT2D eigenvalue weighted by atomic mass is 32.2. The van der Waals surface area contributed by atoms with Crippen LogP contribution >= 0.6 is 0 Å². The van der Waals surface area contributed by atoms with Gasteiger partial charge in [-0.05, 0) is 12.8 Å². The van der Waals surface area contributed by atoms with Gasteiger partial charge in [0.15, 0.2) is 6.61 Å². The molecule has 24 heavy (non-hydrogen) atoms. The van der Waals surface area contributed by atoms with Gasteiger partial charge in [-0.2, -0.15) is 8.42 Å². The molecule has 9 nitrogen and oxygen atoms in total.